The van der Waals surface area contributed by atoms with Crippen LogP contribution in [-0.4, -0.2) is 36.5 Å². The number of ether oxygens (including phenoxy) is 3. The van der Waals surface area contributed by atoms with Crippen LogP contribution in [0.1, 0.15) is 33.8 Å². The highest BCUT2D eigenvalue weighted by atomic mass is 16.5. The van der Waals surface area contributed by atoms with Gasteiger partial charge in [-0.15, -0.1) is 0 Å². The van der Waals surface area contributed by atoms with E-state index in [9.17, 15) is 14.4 Å². The van der Waals surface area contributed by atoms with Gasteiger partial charge in [-0.3, -0.25) is 9.59 Å². The molecule has 7 heteroatoms. The van der Waals surface area contributed by atoms with E-state index in [0.717, 1.165) is 5.56 Å². The zero-order valence-electron chi connectivity index (χ0n) is 18.1. The number of carboxylic acids is 1. The Hall–Kier alpha value is -4.13. The molecule has 0 amide bonds. The third-order valence-electron chi connectivity index (χ3n) is 4.95. The maximum Gasteiger partial charge on any atom is 0.341 e. The lowest BCUT2D eigenvalue weighted by molar-refractivity contribution is -0.155. The first-order valence-electron chi connectivity index (χ1n) is 10.3. The summed E-state index contributed by atoms with van der Waals surface area (Å²) in [6, 6.07) is 23.2. The second-order valence-corrected chi connectivity index (χ2v) is 7.25. The molecule has 1 atom stereocenters. The summed E-state index contributed by atoms with van der Waals surface area (Å²) in [6.07, 6.45) is -0.287. The van der Waals surface area contributed by atoms with Crippen molar-refractivity contribution in [1.29, 1.82) is 0 Å². The normalized spacial score (nSPS) is 11.3. The monoisotopic (exact) mass is 448 g/mol. The highest BCUT2D eigenvalue weighted by Crippen LogP contribution is 2.28. The van der Waals surface area contributed by atoms with Gasteiger partial charge in [-0.1, -0.05) is 42.5 Å². The van der Waals surface area contributed by atoms with Crippen molar-refractivity contribution in [1.82, 2.24) is 0 Å². The third-order valence-corrected chi connectivity index (χ3v) is 4.95. The first-order valence-corrected chi connectivity index (χ1v) is 10.3. The molecule has 0 heterocycles. The summed E-state index contributed by atoms with van der Waals surface area (Å²) >= 11 is 0. The summed E-state index contributed by atoms with van der Waals surface area (Å²) in [5.74, 6) is -1.94. The number of benzene rings is 3. The second kappa shape index (κ2) is 11.5. The lowest BCUT2D eigenvalue weighted by Gasteiger charge is -2.16. The van der Waals surface area contributed by atoms with Gasteiger partial charge in [-0.25, -0.2) is 4.79 Å². The summed E-state index contributed by atoms with van der Waals surface area (Å²) in [4.78, 5) is 36.1. The molecular weight excluding hydrogens is 424 g/mol. The predicted molar refractivity (Wildman–Crippen MR) is 120 cm³/mol. The highest BCUT2D eigenvalue weighted by Gasteiger charge is 2.26. The van der Waals surface area contributed by atoms with Gasteiger partial charge < -0.3 is 19.3 Å². The molecule has 0 spiro atoms. The first-order chi connectivity index (χ1) is 16.0. The van der Waals surface area contributed by atoms with Gasteiger partial charge in [0.2, 0.25) is 0 Å². The largest absolute Gasteiger partial charge is 0.497 e. The van der Waals surface area contributed by atoms with Gasteiger partial charge in [0, 0.05) is 5.56 Å². The molecule has 0 bridgehead atoms. The number of hydrogen-bond donors (Lipinski definition) is 1. The van der Waals surface area contributed by atoms with Gasteiger partial charge in [0.05, 0.1) is 19.4 Å². The predicted octanol–water partition coefficient (Wildman–Crippen LogP) is 4.26. The Labute approximate surface area is 191 Å². The van der Waals surface area contributed by atoms with Crippen molar-refractivity contribution in [3.8, 4) is 11.5 Å². The minimum atomic E-state index is -1.26. The van der Waals surface area contributed by atoms with E-state index < -0.39 is 24.5 Å². The second-order valence-electron chi connectivity index (χ2n) is 7.25. The average Bonchev–Trinajstić information content (AvgIpc) is 2.85. The zero-order chi connectivity index (χ0) is 23.6. The van der Waals surface area contributed by atoms with Crippen LogP contribution >= 0.6 is 0 Å². The molecule has 0 radical (unpaired) electrons. The summed E-state index contributed by atoms with van der Waals surface area (Å²) in [5.41, 5.74) is 2.02. The molecule has 0 saturated heterocycles. The van der Waals surface area contributed by atoms with Crippen LogP contribution in [0.5, 0.6) is 11.5 Å². The Balaban J connectivity index is 1.74. The van der Waals surface area contributed by atoms with Gasteiger partial charge in [0.25, 0.3) is 0 Å². The van der Waals surface area contributed by atoms with Gasteiger partial charge in [0.1, 0.15) is 18.1 Å². The number of hydrogen-bond acceptors (Lipinski definition) is 6. The molecule has 0 aliphatic rings. The van der Waals surface area contributed by atoms with Crippen molar-refractivity contribution in [2.75, 3.05) is 13.7 Å². The molecule has 7 nitrogen and oxygen atoms in total. The van der Waals surface area contributed by atoms with Crippen molar-refractivity contribution in [3.63, 3.8) is 0 Å². The number of methoxy groups -OCH3 is 1. The van der Waals surface area contributed by atoms with Crippen LogP contribution in [0.2, 0.25) is 0 Å². The molecule has 3 aromatic carbocycles. The molecule has 0 aliphatic heterocycles. The lowest BCUT2D eigenvalue weighted by atomic mass is 9.88. The number of aliphatic carboxylic acids is 1. The van der Waals surface area contributed by atoms with Crippen molar-refractivity contribution in [3.05, 3.63) is 95.6 Å². The van der Waals surface area contributed by atoms with Crippen LogP contribution < -0.4 is 9.47 Å². The first kappa shape index (κ1) is 23.5. The quantitative estimate of drug-likeness (QED) is 0.346. The van der Waals surface area contributed by atoms with E-state index in [1.165, 1.54) is 7.11 Å². The van der Waals surface area contributed by atoms with Crippen molar-refractivity contribution < 1.29 is 33.7 Å². The summed E-state index contributed by atoms with van der Waals surface area (Å²) in [7, 11) is 1.53. The zero-order valence-corrected chi connectivity index (χ0v) is 18.1. The molecule has 0 fully saturated rings. The van der Waals surface area contributed by atoms with E-state index in [0.29, 0.717) is 29.2 Å². The van der Waals surface area contributed by atoms with E-state index in [1.54, 1.807) is 48.5 Å². The van der Waals surface area contributed by atoms with Crippen LogP contribution in [0, 0.1) is 0 Å². The third kappa shape index (κ3) is 6.93. The Morgan fingerprint density at radius 1 is 0.848 bits per heavy atom. The minimum absolute atomic E-state index is 0.287. The topological polar surface area (TPSA) is 99.1 Å². The Kier molecular flexibility index (Phi) is 8.18. The van der Waals surface area contributed by atoms with Crippen LogP contribution in [-0.2, 0) is 20.9 Å². The Bertz CT molecular complexity index is 1070. The van der Waals surface area contributed by atoms with E-state index >= 15 is 0 Å². The van der Waals surface area contributed by atoms with Crippen LogP contribution in [0.3, 0.4) is 0 Å². The minimum Gasteiger partial charge on any atom is -0.497 e. The molecule has 1 N–H and O–H groups in total. The number of Topliss-reactive ketones (excluding diaryl/α,β-unsaturated/α-hetero) is 1. The molecule has 3 aromatic rings. The fourth-order valence-corrected chi connectivity index (χ4v) is 3.22. The van der Waals surface area contributed by atoms with Crippen molar-refractivity contribution >= 4 is 17.7 Å². The number of carbonyl (C=O) groups is 3. The molecule has 0 saturated carbocycles. The van der Waals surface area contributed by atoms with Gasteiger partial charge in [-0.05, 0) is 47.5 Å². The average molecular weight is 448 g/mol. The molecule has 3 rings (SSSR count). The molecule has 0 aliphatic carbocycles. The van der Waals surface area contributed by atoms with E-state index in [4.69, 9.17) is 19.3 Å². The fraction of sp³-hybridized carbons (Fsp3) is 0.192. The molecule has 1 unspecified atom stereocenters. The summed E-state index contributed by atoms with van der Waals surface area (Å²) < 4.78 is 15.7. The summed E-state index contributed by atoms with van der Waals surface area (Å²) in [6.45, 7) is -0.353. The van der Waals surface area contributed by atoms with Gasteiger partial charge in [-0.2, -0.15) is 0 Å². The molecule has 170 valence electrons. The Morgan fingerprint density at radius 2 is 1.48 bits per heavy atom. The van der Waals surface area contributed by atoms with Crippen LogP contribution in [0.15, 0.2) is 78.9 Å². The highest BCUT2D eigenvalue weighted by molar-refractivity contribution is 6.02. The van der Waals surface area contributed by atoms with E-state index in [2.05, 4.69) is 0 Å². The maximum absolute atomic E-state index is 13.3. The summed E-state index contributed by atoms with van der Waals surface area (Å²) in [5, 5.41) is 8.73. The number of rotatable bonds is 11. The standard InChI is InChI=1S/C26H24O7/c1-31-21-11-7-19(8-12-21)23(15-25(29)33-17-24(27)28)26(30)20-9-13-22(14-10-20)32-16-18-5-3-2-4-6-18/h2-14,23H,15-17H2,1H3,(H,27,28). The van der Waals surface area contributed by atoms with Gasteiger partial charge >= 0.3 is 11.9 Å². The molecule has 33 heavy (non-hydrogen) atoms. The SMILES string of the molecule is COc1ccc(C(CC(=O)OCC(=O)O)C(=O)c2ccc(OCc3ccccc3)cc2)cc1. The smallest absolute Gasteiger partial charge is 0.341 e. The lowest BCUT2D eigenvalue weighted by Crippen LogP contribution is -2.20. The van der Waals surface area contributed by atoms with Crippen molar-refractivity contribution in [2.45, 2.75) is 18.9 Å². The van der Waals surface area contributed by atoms with Crippen LogP contribution in [0.4, 0.5) is 0 Å². The number of carbonyl (C=O) groups excluding carboxylic acids is 2. The van der Waals surface area contributed by atoms with Gasteiger partial charge in [0.15, 0.2) is 12.4 Å². The number of esters is 1. The van der Waals surface area contributed by atoms with Crippen molar-refractivity contribution in [2.24, 2.45) is 0 Å². The van der Waals surface area contributed by atoms with E-state index in [-0.39, 0.29) is 12.2 Å². The molecule has 0 aromatic heterocycles. The number of carboxylic acid groups (broad SMARTS) is 1. The maximum atomic E-state index is 13.3. The molecular formula is C26H24O7. The van der Waals surface area contributed by atoms with E-state index in [1.807, 2.05) is 30.3 Å². The number of ketones is 1. The Morgan fingerprint density at radius 3 is 2.09 bits per heavy atom. The van der Waals surface area contributed by atoms with Crippen LogP contribution in [0.25, 0.3) is 0 Å². The fourth-order valence-electron chi connectivity index (χ4n) is 3.22.